The van der Waals surface area contributed by atoms with Crippen LogP contribution in [-0.4, -0.2) is 140 Å². The first-order valence-electron chi connectivity index (χ1n) is 5.33. The molecule has 0 aromatic heterocycles. The Labute approximate surface area is 362 Å². The maximum Gasteiger partial charge on any atom is 3.00 e. The molecule has 0 aliphatic carbocycles. The van der Waals surface area contributed by atoms with Crippen LogP contribution in [0.4, 0.5) is 0 Å². The molecule has 0 aliphatic rings. The molecule has 0 saturated heterocycles. The van der Waals surface area contributed by atoms with Crippen molar-refractivity contribution in [1.29, 1.82) is 0 Å². The molecule has 0 bridgehead atoms. The molecular weight excluding hydrogens is 1230 g/mol. The topological polar surface area (TPSA) is 642 Å². The molecule has 0 heterocycles. The molecule has 32 nitrogen and oxygen atoms in total. The molecule has 0 amide bonds. The predicted molar refractivity (Wildman–Crippen MR) is 83.8 cm³/mol. The van der Waals surface area contributed by atoms with Gasteiger partial charge in [0.1, 0.15) is 0 Å². The van der Waals surface area contributed by atoms with Crippen LogP contribution in [0.3, 0.4) is 0 Å². The van der Waals surface area contributed by atoms with E-state index < -0.39 is 83.2 Å². The van der Waals surface area contributed by atoms with E-state index in [-0.39, 0.29) is 143 Å². The minimum absolute atomic E-state index is 0. The summed E-state index contributed by atoms with van der Waals surface area (Å²) in [6.07, 6.45) is 0. The van der Waals surface area contributed by atoms with Crippen molar-refractivity contribution in [3.05, 3.63) is 0 Å². The summed E-state index contributed by atoms with van der Waals surface area (Å²) in [4.78, 5) is 0. The summed E-state index contributed by atoms with van der Waals surface area (Å²) in [6, 6.07) is 0. The van der Waals surface area contributed by atoms with E-state index in [4.69, 9.17) is 140 Å². The fraction of sp³-hybridized carbons (Fsp3) is 0. The van der Waals surface area contributed by atoms with Gasteiger partial charge in [-0.05, 0) is 0 Å². The molecule has 0 aliphatic heterocycles. The van der Waals surface area contributed by atoms with Crippen LogP contribution in [0.2, 0.25) is 0 Å². The van der Waals surface area contributed by atoms with Crippen LogP contribution >= 0.6 is 0 Å². The Bertz CT molecular complexity index is 1110. The molecule has 0 N–H and O–H groups in total. The first kappa shape index (κ1) is 110. The van der Waals surface area contributed by atoms with Crippen LogP contribution in [0.25, 0.3) is 0 Å². The molecule has 0 spiro atoms. The minimum Gasteiger partial charge on any atom is -1.00 e. The molecular formula is Cl2Cr2Fe2Ni3O32S8. The zero-order valence-corrected chi connectivity index (χ0v) is 35.3. The Morgan fingerprint density at radius 3 is 0.204 bits per heavy atom. The van der Waals surface area contributed by atoms with Crippen molar-refractivity contribution < 1.29 is 283 Å². The predicted octanol–water partition coefficient (Wildman–Crippen LogP) is -16.7. The van der Waals surface area contributed by atoms with Gasteiger partial charge in [0.15, 0.2) is 0 Å². The fourth-order valence-corrected chi connectivity index (χ4v) is 0. The van der Waals surface area contributed by atoms with Crippen LogP contribution in [0, 0.1) is 0 Å². The summed E-state index contributed by atoms with van der Waals surface area (Å²) in [5.74, 6) is 0. The molecule has 4 radical (unpaired) electrons. The fourth-order valence-electron chi connectivity index (χ4n) is 0. The summed E-state index contributed by atoms with van der Waals surface area (Å²) in [7, 11) is -41.3. The zero-order valence-electron chi connectivity index (χ0n) is 19.6. The van der Waals surface area contributed by atoms with Crippen molar-refractivity contribution in [2.24, 2.45) is 0 Å². The van der Waals surface area contributed by atoms with Crippen molar-refractivity contribution in [2.45, 2.75) is 0 Å². The summed E-state index contributed by atoms with van der Waals surface area (Å²) >= 11 is 0. The molecule has 0 aromatic rings. The van der Waals surface area contributed by atoms with Gasteiger partial charge in [-0.3, -0.25) is 67.3 Å². The molecule has 0 saturated carbocycles. The van der Waals surface area contributed by atoms with E-state index >= 15 is 0 Å². The van der Waals surface area contributed by atoms with Crippen molar-refractivity contribution >= 4 is 83.2 Å². The van der Waals surface area contributed by atoms with Crippen LogP contribution in [0.5, 0.6) is 0 Å². The van der Waals surface area contributed by atoms with Gasteiger partial charge in [0, 0.05) is 83.2 Å². The van der Waals surface area contributed by atoms with Crippen LogP contribution in [0.1, 0.15) is 0 Å². The first-order valence-corrected chi connectivity index (χ1v) is 16.0. The molecule has 0 rings (SSSR count). The maximum absolute atomic E-state index is 8.52. The van der Waals surface area contributed by atoms with E-state index in [2.05, 4.69) is 0 Å². The van der Waals surface area contributed by atoms with Gasteiger partial charge < -0.3 is 97.7 Å². The minimum atomic E-state index is -5.17. The number of hydrogen-bond acceptors (Lipinski definition) is 32. The molecule has 0 atom stereocenters. The summed E-state index contributed by atoms with van der Waals surface area (Å²) in [5, 5.41) is 0. The average Bonchev–Trinajstić information content (AvgIpc) is 2.16. The van der Waals surface area contributed by atoms with E-state index in [1.807, 2.05) is 0 Å². The van der Waals surface area contributed by atoms with Crippen LogP contribution in [0.15, 0.2) is 0 Å². The molecule has 0 aromatic carbocycles. The quantitative estimate of drug-likeness (QED) is 0.123. The number of halogens is 2. The van der Waals surface area contributed by atoms with E-state index in [0.29, 0.717) is 0 Å². The third-order valence-electron chi connectivity index (χ3n) is 0. The van der Waals surface area contributed by atoms with E-state index in [1.165, 1.54) is 0 Å². The van der Waals surface area contributed by atoms with Crippen molar-refractivity contribution in [1.82, 2.24) is 0 Å². The van der Waals surface area contributed by atoms with Crippen molar-refractivity contribution in [3.8, 4) is 0 Å². The van der Waals surface area contributed by atoms with Gasteiger partial charge in [0.2, 0.25) is 0 Å². The SMILES string of the molecule is O=S(=O)([O-])[O-].O=S(=O)([O-])[O-].O=S(=O)([O-])[O-].O=S(=O)([O-])[O-].O=S(=O)([O-])[O-].O=S(=O)([O-])[O-].O=S(=O)([O-])[O-].O=S(=O)([O-])[O-].[Cl-].[Cl-].[Cr+3].[Cr+3].[Fe+3].[Fe+3].[Ni+2].[Ni+2].[Ni+2]. The van der Waals surface area contributed by atoms with Gasteiger partial charge in [-0.1, -0.05) is 0 Å². The second-order valence-corrected chi connectivity index (χ2v) is 9.80. The molecule has 0 unspecified atom stereocenters. The summed E-state index contributed by atoms with van der Waals surface area (Å²) in [6.45, 7) is 0. The zero-order chi connectivity index (χ0) is 36.0. The van der Waals surface area contributed by atoms with Gasteiger partial charge in [0.05, 0.1) is 0 Å². The Kier molecular flexibility index (Phi) is 111. The first-order chi connectivity index (χ1) is 16.0. The molecule has 312 valence electrons. The van der Waals surface area contributed by atoms with Gasteiger partial charge in [-0.25, -0.2) is 0 Å². The van der Waals surface area contributed by atoms with Gasteiger partial charge in [0.25, 0.3) is 0 Å². The third kappa shape index (κ3) is 12600. The Morgan fingerprint density at radius 2 is 0.204 bits per heavy atom. The standard InChI is InChI=1S/2ClH.2Cr.2Fe.3Ni.8H2O4S/c;;;;;;;;;8*1-5(2,3)4/h2*1H;;;;;;;;8*(H2,1,2,3,4)/q;;4*+3;3*+2;;;;;;;;/p-18. The number of hydrogen-bond donors (Lipinski definition) is 0. The molecule has 49 heteroatoms. The monoisotopic (exact) mass is 1230 g/mol. The smallest absolute Gasteiger partial charge is 1.00 e. The van der Waals surface area contributed by atoms with Crippen molar-refractivity contribution in [2.75, 3.05) is 0 Å². The largest absolute Gasteiger partial charge is 3.00 e. The van der Waals surface area contributed by atoms with E-state index in [1.54, 1.807) is 0 Å². The summed E-state index contributed by atoms with van der Waals surface area (Å²) < 4.78 is 273. The van der Waals surface area contributed by atoms with Gasteiger partial charge in [-0.2, -0.15) is 0 Å². The summed E-state index contributed by atoms with van der Waals surface area (Å²) in [5.41, 5.74) is 0. The van der Waals surface area contributed by atoms with Crippen molar-refractivity contribution in [3.63, 3.8) is 0 Å². The van der Waals surface area contributed by atoms with Gasteiger partial charge in [-0.15, -0.1) is 0 Å². The maximum atomic E-state index is 8.52. The van der Waals surface area contributed by atoms with Crippen LogP contribution in [-0.2, 0) is 202 Å². The van der Waals surface area contributed by atoms with Crippen LogP contribution < -0.4 is 24.8 Å². The number of rotatable bonds is 0. The normalized spacial score (nSPS) is 9.47. The second kappa shape index (κ2) is 49.1. The molecule has 49 heavy (non-hydrogen) atoms. The second-order valence-electron chi connectivity index (χ2n) is 3.27. The third-order valence-corrected chi connectivity index (χ3v) is 0. The van der Waals surface area contributed by atoms with E-state index in [0.717, 1.165) is 0 Å². The van der Waals surface area contributed by atoms with Gasteiger partial charge >= 0.3 is 118 Å². The Balaban J connectivity index is -0.0000000155. The molecule has 0 fully saturated rings. The Hall–Kier alpha value is 3.12. The Morgan fingerprint density at radius 1 is 0.204 bits per heavy atom. The average molecular weight is 1230 g/mol. The van der Waals surface area contributed by atoms with E-state index in [9.17, 15) is 0 Å².